The molecule has 0 aliphatic carbocycles. The summed E-state index contributed by atoms with van der Waals surface area (Å²) in [6.07, 6.45) is 5.55. The molecule has 4 nitrogen and oxygen atoms in total. The maximum absolute atomic E-state index is 12.3. The van der Waals surface area contributed by atoms with Gasteiger partial charge in [-0.2, -0.15) is 0 Å². The fourth-order valence-electron chi connectivity index (χ4n) is 2.43. The molecule has 0 aromatic carbocycles. The van der Waals surface area contributed by atoms with Gasteiger partial charge in [0.25, 0.3) is 0 Å². The van der Waals surface area contributed by atoms with Crippen LogP contribution in [-0.2, 0) is 4.79 Å². The topological polar surface area (TPSA) is 54.0 Å². The molecule has 0 saturated carbocycles. The van der Waals surface area contributed by atoms with Crippen molar-refractivity contribution in [3.63, 3.8) is 0 Å². The molecule has 0 bridgehead atoms. The van der Waals surface area contributed by atoms with Gasteiger partial charge >= 0.3 is 0 Å². The third-order valence-electron chi connectivity index (χ3n) is 3.26. The van der Waals surface area contributed by atoms with Crippen LogP contribution in [0.2, 0.25) is 0 Å². The Balaban J connectivity index is 2.07. The number of nitrogens with one attached hydrogen (secondary N) is 2. The van der Waals surface area contributed by atoms with Crippen LogP contribution < -0.4 is 10.6 Å². The molecule has 17 heavy (non-hydrogen) atoms. The SMILES string of the molecule is CCCC1(C(=O)Nc2ccccn2)CCCN1. The Bertz CT molecular complexity index is 372. The number of anilines is 1. The molecule has 0 radical (unpaired) electrons. The van der Waals surface area contributed by atoms with Gasteiger partial charge in [0.05, 0.1) is 5.54 Å². The van der Waals surface area contributed by atoms with Gasteiger partial charge in [-0.1, -0.05) is 19.4 Å². The normalized spacial score (nSPS) is 23.6. The van der Waals surface area contributed by atoms with Gasteiger partial charge in [0.15, 0.2) is 0 Å². The Morgan fingerprint density at radius 3 is 3.06 bits per heavy atom. The average Bonchev–Trinajstić information content (AvgIpc) is 2.81. The molecule has 2 heterocycles. The van der Waals surface area contributed by atoms with Crippen LogP contribution in [0.4, 0.5) is 5.82 Å². The van der Waals surface area contributed by atoms with Crippen molar-refractivity contribution < 1.29 is 4.79 Å². The maximum atomic E-state index is 12.3. The van der Waals surface area contributed by atoms with Crippen LogP contribution in [0.3, 0.4) is 0 Å². The summed E-state index contributed by atoms with van der Waals surface area (Å²) in [6, 6.07) is 5.52. The lowest BCUT2D eigenvalue weighted by atomic mass is 9.91. The zero-order valence-corrected chi connectivity index (χ0v) is 10.2. The summed E-state index contributed by atoms with van der Waals surface area (Å²) >= 11 is 0. The van der Waals surface area contributed by atoms with E-state index in [0.29, 0.717) is 5.82 Å². The van der Waals surface area contributed by atoms with Crippen molar-refractivity contribution in [2.75, 3.05) is 11.9 Å². The second-order valence-corrected chi connectivity index (χ2v) is 4.53. The summed E-state index contributed by atoms with van der Waals surface area (Å²) in [5.74, 6) is 0.678. The van der Waals surface area contributed by atoms with Crippen molar-refractivity contribution in [3.05, 3.63) is 24.4 Å². The van der Waals surface area contributed by atoms with Gasteiger partial charge in [-0.3, -0.25) is 4.79 Å². The van der Waals surface area contributed by atoms with E-state index in [9.17, 15) is 4.79 Å². The first kappa shape index (κ1) is 12.0. The lowest BCUT2D eigenvalue weighted by Crippen LogP contribution is -2.50. The lowest BCUT2D eigenvalue weighted by Gasteiger charge is -2.27. The van der Waals surface area contributed by atoms with E-state index in [-0.39, 0.29) is 11.4 Å². The summed E-state index contributed by atoms with van der Waals surface area (Å²) in [7, 11) is 0. The highest BCUT2D eigenvalue weighted by Gasteiger charge is 2.39. The van der Waals surface area contributed by atoms with Gasteiger partial charge in [-0.25, -0.2) is 4.98 Å². The molecule has 2 N–H and O–H groups in total. The number of pyridine rings is 1. The lowest BCUT2D eigenvalue weighted by molar-refractivity contribution is -0.122. The number of nitrogens with zero attached hydrogens (tertiary/aromatic N) is 1. The molecule has 92 valence electrons. The number of carbonyl (C=O) groups excluding carboxylic acids is 1. The first-order valence-electron chi connectivity index (χ1n) is 6.24. The minimum absolute atomic E-state index is 0.0514. The predicted molar refractivity (Wildman–Crippen MR) is 67.7 cm³/mol. The molecule has 1 saturated heterocycles. The summed E-state index contributed by atoms with van der Waals surface area (Å²) in [6.45, 7) is 3.03. The Hall–Kier alpha value is -1.42. The molecule has 1 aliphatic heterocycles. The van der Waals surface area contributed by atoms with E-state index in [0.717, 1.165) is 32.2 Å². The third-order valence-corrected chi connectivity index (χ3v) is 3.26. The number of amides is 1. The molecule has 1 fully saturated rings. The molecular formula is C13H19N3O. The van der Waals surface area contributed by atoms with Crippen LogP contribution in [0.25, 0.3) is 0 Å². The molecule has 1 unspecified atom stereocenters. The van der Waals surface area contributed by atoms with Crippen LogP contribution in [-0.4, -0.2) is 23.0 Å². The summed E-state index contributed by atoms with van der Waals surface area (Å²) in [4.78, 5) is 16.4. The highest BCUT2D eigenvalue weighted by molar-refractivity contribution is 5.97. The van der Waals surface area contributed by atoms with Crippen molar-refractivity contribution in [3.8, 4) is 0 Å². The van der Waals surface area contributed by atoms with Crippen molar-refractivity contribution in [2.45, 2.75) is 38.1 Å². The fourth-order valence-corrected chi connectivity index (χ4v) is 2.43. The van der Waals surface area contributed by atoms with E-state index in [1.807, 2.05) is 18.2 Å². The summed E-state index contributed by atoms with van der Waals surface area (Å²) in [5, 5.41) is 6.25. The van der Waals surface area contributed by atoms with Gasteiger partial charge in [-0.05, 0) is 37.9 Å². The maximum Gasteiger partial charge on any atom is 0.245 e. The molecule has 1 aliphatic rings. The van der Waals surface area contributed by atoms with Crippen LogP contribution in [0.1, 0.15) is 32.6 Å². The number of rotatable bonds is 4. The highest BCUT2D eigenvalue weighted by Crippen LogP contribution is 2.26. The van der Waals surface area contributed by atoms with Gasteiger partial charge < -0.3 is 10.6 Å². The van der Waals surface area contributed by atoms with Crippen molar-refractivity contribution in [2.24, 2.45) is 0 Å². The van der Waals surface area contributed by atoms with Gasteiger partial charge in [0, 0.05) is 6.20 Å². The first-order chi connectivity index (χ1) is 8.27. The molecule has 2 rings (SSSR count). The minimum atomic E-state index is -0.383. The minimum Gasteiger partial charge on any atom is -0.309 e. The molecule has 4 heteroatoms. The predicted octanol–water partition coefficient (Wildman–Crippen LogP) is 1.94. The zero-order valence-electron chi connectivity index (χ0n) is 10.2. The molecular weight excluding hydrogens is 214 g/mol. The molecule has 1 atom stereocenters. The Morgan fingerprint density at radius 1 is 1.59 bits per heavy atom. The van der Waals surface area contributed by atoms with Crippen LogP contribution in [0, 0.1) is 0 Å². The highest BCUT2D eigenvalue weighted by atomic mass is 16.2. The largest absolute Gasteiger partial charge is 0.309 e. The van der Waals surface area contributed by atoms with Crippen molar-refractivity contribution >= 4 is 11.7 Å². The summed E-state index contributed by atoms with van der Waals surface area (Å²) in [5.41, 5.74) is -0.383. The van der Waals surface area contributed by atoms with Crippen molar-refractivity contribution in [1.29, 1.82) is 0 Å². The Labute approximate surface area is 102 Å². The van der Waals surface area contributed by atoms with Gasteiger partial charge in [0.2, 0.25) is 5.91 Å². The summed E-state index contributed by atoms with van der Waals surface area (Å²) < 4.78 is 0. The third kappa shape index (κ3) is 2.64. The smallest absolute Gasteiger partial charge is 0.245 e. The molecule has 1 amide bonds. The van der Waals surface area contributed by atoms with E-state index < -0.39 is 0 Å². The number of carbonyl (C=O) groups is 1. The Morgan fingerprint density at radius 2 is 2.47 bits per heavy atom. The molecule has 1 aromatic rings. The second kappa shape index (κ2) is 5.27. The second-order valence-electron chi connectivity index (χ2n) is 4.53. The van der Waals surface area contributed by atoms with E-state index in [1.54, 1.807) is 6.20 Å². The van der Waals surface area contributed by atoms with E-state index in [4.69, 9.17) is 0 Å². The Kier molecular flexibility index (Phi) is 3.74. The number of hydrogen-bond donors (Lipinski definition) is 2. The quantitative estimate of drug-likeness (QED) is 0.835. The number of aromatic nitrogens is 1. The van der Waals surface area contributed by atoms with Crippen molar-refractivity contribution in [1.82, 2.24) is 10.3 Å². The van der Waals surface area contributed by atoms with Crippen LogP contribution >= 0.6 is 0 Å². The van der Waals surface area contributed by atoms with E-state index in [2.05, 4.69) is 22.5 Å². The van der Waals surface area contributed by atoms with Crippen LogP contribution in [0.15, 0.2) is 24.4 Å². The monoisotopic (exact) mass is 233 g/mol. The number of hydrogen-bond acceptors (Lipinski definition) is 3. The average molecular weight is 233 g/mol. The fraction of sp³-hybridized carbons (Fsp3) is 0.538. The zero-order chi connectivity index (χ0) is 12.1. The van der Waals surface area contributed by atoms with Crippen LogP contribution in [0.5, 0.6) is 0 Å². The van der Waals surface area contributed by atoms with E-state index >= 15 is 0 Å². The first-order valence-corrected chi connectivity index (χ1v) is 6.24. The van der Waals surface area contributed by atoms with Gasteiger partial charge in [-0.15, -0.1) is 0 Å². The standard InChI is InChI=1S/C13H19N3O/c1-2-7-13(8-5-10-15-13)12(17)16-11-6-3-4-9-14-11/h3-4,6,9,15H,2,5,7-8,10H2,1H3,(H,14,16,17). The van der Waals surface area contributed by atoms with Gasteiger partial charge in [0.1, 0.15) is 5.82 Å². The van der Waals surface area contributed by atoms with E-state index in [1.165, 1.54) is 0 Å². The molecule has 0 spiro atoms. The molecule has 1 aromatic heterocycles.